The number of nitrogens with zero attached hydrogens (tertiary/aromatic N) is 1. The highest BCUT2D eigenvalue weighted by Gasteiger charge is 2.03. The number of nitrogens with one attached hydrogen (secondary N) is 3. The molecule has 0 aliphatic rings. The van der Waals surface area contributed by atoms with Crippen molar-refractivity contribution >= 4 is 11.9 Å². The van der Waals surface area contributed by atoms with Crippen LogP contribution in [-0.2, 0) is 11.3 Å². The predicted molar refractivity (Wildman–Crippen MR) is 89.1 cm³/mol. The fourth-order valence-corrected chi connectivity index (χ4v) is 1.77. The number of rotatable bonds is 8. The Morgan fingerprint density at radius 2 is 1.91 bits per heavy atom. The molecule has 0 aliphatic carbocycles. The lowest BCUT2D eigenvalue weighted by Crippen LogP contribution is -2.43. The average Bonchev–Trinajstić information content (AvgIpc) is 2.56. The van der Waals surface area contributed by atoms with Crippen LogP contribution in [0.1, 0.15) is 25.3 Å². The Morgan fingerprint density at radius 3 is 2.50 bits per heavy atom. The van der Waals surface area contributed by atoms with Gasteiger partial charge < -0.3 is 20.7 Å². The van der Waals surface area contributed by atoms with Gasteiger partial charge in [-0.1, -0.05) is 25.5 Å². The second-order valence-corrected chi connectivity index (χ2v) is 4.83. The van der Waals surface area contributed by atoms with Crippen LogP contribution in [0.4, 0.5) is 0 Å². The van der Waals surface area contributed by atoms with Gasteiger partial charge in [-0.15, -0.1) is 0 Å². The maximum absolute atomic E-state index is 11.8. The van der Waals surface area contributed by atoms with Crippen molar-refractivity contribution in [3.8, 4) is 5.75 Å². The highest BCUT2D eigenvalue weighted by atomic mass is 16.5. The Kier molecular flexibility index (Phi) is 8.49. The summed E-state index contributed by atoms with van der Waals surface area (Å²) in [7, 11) is 3.32. The number of carbonyl (C=O) groups is 1. The molecule has 122 valence electrons. The van der Waals surface area contributed by atoms with Crippen LogP contribution in [0.5, 0.6) is 5.75 Å². The first kappa shape index (κ1) is 17.8. The van der Waals surface area contributed by atoms with E-state index in [0.29, 0.717) is 12.5 Å². The molecule has 0 fully saturated rings. The third-order valence-electron chi connectivity index (χ3n) is 3.11. The standard InChI is InChI=1S/C16H26N4O2/c1-4-5-10-18-16(17-2)20-12-15(21)19-11-13-6-8-14(22-3)9-7-13/h6-9H,4-5,10-12H2,1-3H3,(H,19,21)(H2,17,18,20). The molecule has 0 saturated heterocycles. The molecule has 6 nitrogen and oxygen atoms in total. The number of ether oxygens (including phenoxy) is 1. The topological polar surface area (TPSA) is 74.8 Å². The quantitative estimate of drug-likeness (QED) is 0.384. The summed E-state index contributed by atoms with van der Waals surface area (Å²) in [5.41, 5.74) is 1.03. The van der Waals surface area contributed by atoms with Gasteiger partial charge in [-0.3, -0.25) is 9.79 Å². The van der Waals surface area contributed by atoms with E-state index >= 15 is 0 Å². The molecule has 0 radical (unpaired) electrons. The zero-order chi connectivity index (χ0) is 16.2. The number of hydrogen-bond donors (Lipinski definition) is 3. The van der Waals surface area contributed by atoms with E-state index in [1.54, 1.807) is 14.2 Å². The minimum atomic E-state index is -0.0748. The van der Waals surface area contributed by atoms with Gasteiger partial charge in [0, 0.05) is 20.1 Å². The monoisotopic (exact) mass is 306 g/mol. The van der Waals surface area contributed by atoms with E-state index in [0.717, 1.165) is 30.7 Å². The third-order valence-corrected chi connectivity index (χ3v) is 3.11. The smallest absolute Gasteiger partial charge is 0.239 e. The molecule has 0 heterocycles. The number of amides is 1. The number of hydrogen-bond acceptors (Lipinski definition) is 3. The fraction of sp³-hybridized carbons (Fsp3) is 0.500. The van der Waals surface area contributed by atoms with Crippen molar-refractivity contribution in [2.75, 3.05) is 27.2 Å². The van der Waals surface area contributed by atoms with Crippen LogP contribution in [0.25, 0.3) is 0 Å². The van der Waals surface area contributed by atoms with Crippen LogP contribution in [0.15, 0.2) is 29.3 Å². The lowest BCUT2D eigenvalue weighted by Gasteiger charge is -2.11. The van der Waals surface area contributed by atoms with E-state index in [4.69, 9.17) is 4.74 Å². The largest absolute Gasteiger partial charge is 0.497 e. The van der Waals surface area contributed by atoms with Gasteiger partial charge in [0.15, 0.2) is 5.96 Å². The molecule has 0 atom stereocenters. The van der Waals surface area contributed by atoms with Crippen molar-refractivity contribution in [1.82, 2.24) is 16.0 Å². The summed E-state index contributed by atoms with van der Waals surface area (Å²) in [5, 5.41) is 9.00. The van der Waals surface area contributed by atoms with Crippen molar-refractivity contribution < 1.29 is 9.53 Å². The van der Waals surface area contributed by atoms with E-state index in [9.17, 15) is 4.79 Å². The van der Waals surface area contributed by atoms with Gasteiger partial charge in [0.2, 0.25) is 5.91 Å². The minimum absolute atomic E-state index is 0.0748. The zero-order valence-corrected chi connectivity index (χ0v) is 13.6. The molecule has 1 aromatic carbocycles. The Morgan fingerprint density at radius 1 is 1.18 bits per heavy atom. The maximum atomic E-state index is 11.8. The molecule has 22 heavy (non-hydrogen) atoms. The zero-order valence-electron chi connectivity index (χ0n) is 13.6. The molecular weight excluding hydrogens is 280 g/mol. The maximum Gasteiger partial charge on any atom is 0.239 e. The summed E-state index contributed by atoms with van der Waals surface area (Å²) in [5.74, 6) is 1.38. The Balaban J connectivity index is 2.27. The van der Waals surface area contributed by atoms with Crippen LogP contribution in [0.3, 0.4) is 0 Å². The van der Waals surface area contributed by atoms with Crippen LogP contribution in [0.2, 0.25) is 0 Å². The fourth-order valence-electron chi connectivity index (χ4n) is 1.77. The van der Waals surface area contributed by atoms with Gasteiger partial charge >= 0.3 is 0 Å². The van der Waals surface area contributed by atoms with Crippen LogP contribution >= 0.6 is 0 Å². The van der Waals surface area contributed by atoms with Gasteiger partial charge in [-0.2, -0.15) is 0 Å². The molecule has 0 spiro atoms. The SMILES string of the molecule is CCCCNC(=NC)NCC(=O)NCc1ccc(OC)cc1. The van der Waals surface area contributed by atoms with E-state index in [2.05, 4.69) is 27.9 Å². The summed E-state index contributed by atoms with van der Waals surface area (Å²) in [6.07, 6.45) is 2.19. The number of carbonyl (C=O) groups excluding carboxylic acids is 1. The second-order valence-electron chi connectivity index (χ2n) is 4.83. The van der Waals surface area contributed by atoms with E-state index in [1.807, 2.05) is 24.3 Å². The summed E-state index contributed by atoms with van der Waals surface area (Å²) in [6.45, 7) is 3.67. The Hall–Kier alpha value is -2.24. The minimum Gasteiger partial charge on any atom is -0.497 e. The molecule has 0 bridgehead atoms. The van der Waals surface area contributed by atoms with Crippen molar-refractivity contribution in [2.24, 2.45) is 4.99 Å². The average molecular weight is 306 g/mol. The predicted octanol–water partition coefficient (Wildman–Crippen LogP) is 1.28. The Bertz CT molecular complexity index is 472. The number of benzene rings is 1. The van der Waals surface area contributed by atoms with E-state index in [1.165, 1.54) is 0 Å². The molecule has 1 aromatic rings. The molecule has 1 amide bonds. The number of methoxy groups -OCH3 is 1. The van der Waals surface area contributed by atoms with Gasteiger partial charge in [0.25, 0.3) is 0 Å². The van der Waals surface area contributed by atoms with Gasteiger partial charge in [0.05, 0.1) is 13.7 Å². The molecular formula is C16H26N4O2. The Labute approximate surface area is 132 Å². The molecule has 0 aliphatic heterocycles. The molecule has 0 aromatic heterocycles. The molecule has 6 heteroatoms. The first-order valence-corrected chi connectivity index (χ1v) is 7.53. The van der Waals surface area contributed by atoms with Gasteiger partial charge in [0.1, 0.15) is 5.75 Å². The summed E-state index contributed by atoms with van der Waals surface area (Å²) in [4.78, 5) is 15.9. The molecule has 0 unspecified atom stereocenters. The summed E-state index contributed by atoms with van der Waals surface area (Å²) in [6, 6.07) is 7.61. The summed E-state index contributed by atoms with van der Waals surface area (Å²) < 4.78 is 5.09. The molecule has 0 saturated carbocycles. The van der Waals surface area contributed by atoms with Crippen molar-refractivity contribution in [2.45, 2.75) is 26.3 Å². The lowest BCUT2D eigenvalue weighted by atomic mass is 10.2. The van der Waals surface area contributed by atoms with Crippen LogP contribution in [-0.4, -0.2) is 39.1 Å². The number of guanidine groups is 1. The first-order chi connectivity index (χ1) is 10.7. The molecule has 3 N–H and O–H groups in total. The van der Waals surface area contributed by atoms with Crippen LogP contribution < -0.4 is 20.7 Å². The van der Waals surface area contributed by atoms with Gasteiger partial charge in [-0.05, 0) is 24.1 Å². The van der Waals surface area contributed by atoms with E-state index < -0.39 is 0 Å². The molecule has 1 rings (SSSR count). The van der Waals surface area contributed by atoms with Crippen LogP contribution in [0, 0.1) is 0 Å². The first-order valence-electron chi connectivity index (χ1n) is 7.53. The van der Waals surface area contributed by atoms with Crippen molar-refractivity contribution in [3.05, 3.63) is 29.8 Å². The number of aliphatic imine (C=N–C) groups is 1. The third kappa shape index (κ3) is 6.97. The normalized spacial score (nSPS) is 11.0. The van der Waals surface area contributed by atoms with Gasteiger partial charge in [-0.25, -0.2) is 0 Å². The van der Waals surface area contributed by atoms with Crippen molar-refractivity contribution in [3.63, 3.8) is 0 Å². The van der Waals surface area contributed by atoms with E-state index in [-0.39, 0.29) is 12.5 Å². The highest BCUT2D eigenvalue weighted by Crippen LogP contribution is 2.10. The second kappa shape index (κ2) is 10.5. The van der Waals surface area contributed by atoms with Crippen molar-refractivity contribution in [1.29, 1.82) is 0 Å². The number of unbranched alkanes of at least 4 members (excludes halogenated alkanes) is 1. The lowest BCUT2D eigenvalue weighted by molar-refractivity contribution is -0.120. The highest BCUT2D eigenvalue weighted by molar-refractivity contribution is 5.86. The summed E-state index contributed by atoms with van der Waals surface area (Å²) >= 11 is 0.